The Morgan fingerprint density at radius 1 is 1.00 bits per heavy atom. The number of esters is 2. The van der Waals surface area contributed by atoms with Gasteiger partial charge in [0.05, 0.1) is 46.8 Å². The van der Waals surface area contributed by atoms with E-state index < -0.39 is 18.0 Å². The van der Waals surface area contributed by atoms with Crippen LogP contribution in [0.25, 0.3) is 23.0 Å². The number of nitrogens with zero attached hydrogens (tertiary/aromatic N) is 4. The van der Waals surface area contributed by atoms with Gasteiger partial charge in [0.25, 0.3) is 5.56 Å². The number of carbonyl (C=O) groups is 2. The van der Waals surface area contributed by atoms with Gasteiger partial charge in [-0.2, -0.15) is 5.10 Å². The first-order chi connectivity index (χ1) is 24.3. The summed E-state index contributed by atoms with van der Waals surface area (Å²) >= 11 is 1.22. The number of rotatable bonds is 12. The van der Waals surface area contributed by atoms with Gasteiger partial charge in [0, 0.05) is 17.3 Å². The quantitative estimate of drug-likeness (QED) is 0.0928. The molecule has 10 nitrogen and oxygen atoms in total. The van der Waals surface area contributed by atoms with Crippen LogP contribution in [-0.4, -0.2) is 46.6 Å². The molecule has 1 unspecified atom stereocenters. The molecule has 0 saturated heterocycles. The summed E-state index contributed by atoms with van der Waals surface area (Å²) in [6.45, 7) is 8.12. The first kappa shape index (κ1) is 34.1. The molecule has 0 spiro atoms. The predicted octanol–water partition coefficient (Wildman–Crippen LogP) is 5.78. The first-order valence-corrected chi connectivity index (χ1v) is 17.0. The minimum Gasteiger partial charge on any atom is -0.494 e. The normalized spacial score (nSPS) is 14.1. The standard InChI is InChI=1S/C39H36N4O6S/c1-5-7-22-48-31-19-17-26(18-20-31)34-29(24-42(41-34)30-11-9-8-10-12-30)23-32-36(44)43-35(27-13-15-28(16-14-27)37(45)47-4)33(38(46)49-21-6-2)25(3)40-39(43)50-32/h6,8-20,23-24,35H,2,5,7,21-22H2,1,3-4H3. The molecule has 6 rings (SSSR count). The van der Waals surface area contributed by atoms with Gasteiger partial charge in [-0.05, 0) is 73.5 Å². The summed E-state index contributed by atoms with van der Waals surface area (Å²) in [4.78, 5) is 45.1. The van der Waals surface area contributed by atoms with E-state index >= 15 is 0 Å². The Morgan fingerprint density at radius 2 is 1.74 bits per heavy atom. The van der Waals surface area contributed by atoms with Crippen molar-refractivity contribution in [3.05, 3.63) is 145 Å². The lowest BCUT2D eigenvalue weighted by molar-refractivity contribution is -0.138. The van der Waals surface area contributed by atoms with E-state index in [4.69, 9.17) is 24.3 Å². The van der Waals surface area contributed by atoms with E-state index in [9.17, 15) is 14.4 Å². The van der Waals surface area contributed by atoms with Crippen molar-refractivity contribution in [1.82, 2.24) is 14.3 Å². The monoisotopic (exact) mass is 688 g/mol. The van der Waals surface area contributed by atoms with Crippen molar-refractivity contribution in [2.45, 2.75) is 32.7 Å². The number of hydrogen-bond donors (Lipinski definition) is 0. The third kappa shape index (κ3) is 6.99. The smallest absolute Gasteiger partial charge is 0.338 e. The lowest BCUT2D eigenvalue weighted by Gasteiger charge is -2.24. The summed E-state index contributed by atoms with van der Waals surface area (Å²) < 4.78 is 19.9. The number of para-hydroxylation sites is 1. The van der Waals surface area contributed by atoms with Gasteiger partial charge in [-0.3, -0.25) is 9.36 Å². The van der Waals surface area contributed by atoms with Gasteiger partial charge in [0.2, 0.25) is 0 Å². The maximum atomic E-state index is 14.4. The van der Waals surface area contributed by atoms with Crippen LogP contribution in [0.5, 0.6) is 5.75 Å². The fourth-order valence-electron chi connectivity index (χ4n) is 5.64. The second-order valence-corrected chi connectivity index (χ2v) is 12.5. The van der Waals surface area contributed by atoms with Gasteiger partial charge in [0.1, 0.15) is 18.1 Å². The number of aromatic nitrogens is 3. The maximum absolute atomic E-state index is 14.4. The summed E-state index contributed by atoms with van der Waals surface area (Å²) in [5.74, 6) is -0.337. The number of allylic oxidation sites excluding steroid dienone is 1. The van der Waals surface area contributed by atoms with E-state index in [-0.39, 0.29) is 17.7 Å². The Labute approximate surface area is 292 Å². The van der Waals surface area contributed by atoms with Crippen LogP contribution in [0.15, 0.2) is 119 Å². The number of unbranched alkanes of at least 4 members (excludes halogenated alkanes) is 1. The van der Waals surface area contributed by atoms with Crippen LogP contribution in [0.2, 0.25) is 0 Å². The fraction of sp³-hybridized carbons (Fsp3) is 0.205. The highest BCUT2D eigenvalue weighted by Crippen LogP contribution is 2.31. The van der Waals surface area contributed by atoms with Crippen LogP contribution in [-0.2, 0) is 14.3 Å². The molecule has 11 heteroatoms. The number of benzene rings is 3. The topological polar surface area (TPSA) is 114 Å². The SMILES string of the molecule is C=CCOC(=O)C1=C(C)N=c2sc(=Cc3cn(-c4ccccc4)nc3-c3ccc(OCCCC)cc3)c(=O)n2C1c1ccc(C(=O)OC)cc1. The van der Waals surface area contributed by atoms with Crippen LogP contribution in [0.4, 0.5) is 0 Å². The highest BCUT2D eigenvalue weighted by Gasteiger charge is 2.33. The van der Waals surface area contributed by atoms with Crippen LogP contribution in [0.1, 0.15) is 54.2 Å². The Hall–Kier alpha value is -5.81. The first-order valence-electron chi connectivity index (χ1n) is 16.2. The molecular weight excluding hydrogens is 653 g/mol. The molecule has 50 heavy (non-hydrogen) atoms. The number of ether oxygens (including phenoxy) is 3. The Kier molecular flexibility index (Phi) is 10.3. The van der Waals surface area contributed by atoms with Crippen molar-refractivity contribution in [2.24, 2.45) is 4.99 Å². The van der Waals surface area contributed by atoms with Crippen molar-refractivity contribution in [3.8, 4) is 22.7 Å². The summed E-state index contributed by atoms with van der Waals surface area (Å²) in [6.07, 6.45) is 7.20. The molecule has 0 N–H and O–H groups in total. The molecule has 0 saturated carbocycles. The molecule has 0 radical (unpaired) electrons. The minimum atomic E-state index is -0.857. The van der Waals surface area contributed by atoms with Gasteiger partial charge in [-0.15, -0.1) is 0 Å². The van der Waals surface area contributed by atoms with E-state index in [2.05, 4.69) is 13.5 Å². The maximum Gasteiger partial charge on any atom is 0.338 e. The molecule has 0 bridgehead atoms. The van der Waals surface area contributed by atoms with Gasteiger partial charge >= 0.3 is 11.9 Å². The third-order valence-electron chi connectivity index (χ3n) is 8.17. The zero-order valence-corrected chi connectivity index (χ0v) is 28.8. The second kappa shape index (κ2) is 15.2. The third-order valence-corrected chi connectivity index (χ3v) is 9.15. The zero-order valence-electron chi connectivity index (χ0n) is 28.0. The van der Waals surface area contributed by atoms with Crippen LogP contribution < -0.4 is 19.6 Å². The van der Waals surface area contributed by atoms with Gasteiger partial charge in [-0.25, -0.2) is 19.3 Å². The highest BCUT2D eigenvalue weighted by molar-refractivity contribution is 7.07. The van der Waals surface area contributed by atoms with E-state index in [1.54, 1.807) is 35.9 Å². The van der Waals surface area contributed by atoms with Gasteiger partial charge in [-0.1, -0.05) is 67.7 Å². The van der Waals surface area contributed by atoms with E-state index in [0.717, 1.165) is 35.4 Å². The Balaban J connectivity index is 1.49. The lowest BCUT2D eigenvalue weighted by Crippen LogP contribution is -2.40. The molecular formula is C39H36N4O6S. The number of fused-ring (bicyclic) bond motifs is 1. The van der Waals surface area contributed by atoms with E-state index in [1.807, 2.05) is 66.9 Å². The molecule has 0 fully saturated rings. The van der Waals surface area contributed by atoms with Crippen molar-refractivity contribution in [3.63, 3.8) is 0 Å². The van der Waals surface area contributed by atoms with Crippen molar-refractivity contribution in [1.29, 1.82) is 0 Å². The summed E-state index contributed by atoms with van der Waals surface area (Å²) in [7, 11) is 1.31. The zero-order chi connectivity index (χ0) is 35.2. The molecule has 0 aliphatic carbocycles. The van der Waals surface area contributed by atoms with Gasteiger partial charge < -0.3 is 14.2 Å². The molecule has 254 valence electrons. The summed E-state index contributed by atoms with van der Waals surface area (Å²) in [5.41, 5.74) is 4.36. The highest BCUT2D eigenvalue weighted by atomic mass is 32.1. The number of carbonyl (C=O) groups excluding carboxylic acids is 2. The van der Waals surface area contributed by atoms with E-state index in [0.29, 0.717) is 38.5 Å². The number of methoxy groups -OCH3 is 1. The summed E-state index contributed by atoms with van der Waals surface area (Å²) in [6, 6.07) is 23.2. The molecule has 0 amide bonds. The molecule has 5 aromatic rings. The largest absolute Gasteiger partial charge is 0.494 e. The van der Waals surface area contributed by atoms with Gasteiger partial charge in [0.15, 0.2) is 4.80 Å². The number of thiazole rings is 1. The van der Waals surface area contributed by atoms with Crippen molar-refractivity contribution >= 4 is 29.4 Å². The van der Waals surface area contributed by atoms with E-state index in [1.165, 1.54) is 29.1 Å². The lowest BCUT2D eigenvalue weighted by atomic mass is 9.95. The average Bonchev–Trinajstić information content (AvgIpc) is 3.70. The minimum absolute atomic E-state index is 0.00590. The molecule has 3 heterocycles. The Morgan fingerprint density at radius 3 is 2.42 bits per heavy atom. The molecule has 1 aliphatic rings. The molecule has 3 aromatic carbocycles. The van der Waals surface area contributed by atoms with Crippen molar-refractivity contribution in [2.75, 3.05) is 20.3 Å². The van der Waals surface area contributed by atoms with Crippen LogP contribution in [0, 0.1) is 0 Å². The van der Waals surface area contributed by atoms with Crippen LogP contribution >= 0.6 is 11.3 Å². The van der Waals surface area contributed by atoms with Crippen LogP contribution in [0.3, 0.4) is 0 Å². The molecule has 1 aliphatic heterocycles. The molecule has 2 aromatic heterocycles. The predicted molar refractivity (Wildman–Crippen MR) is 192 cm³/mol. The van der Waals surface area contributed by atoms with Crippen molar-refractivity contribution < 1.29 is 23.8 Å². The Bertz CT molecular complexity index is 2250. The number of hydrogen-bond acceptors (Lipinski definition) is 9. The average molecular weight is 689 g/mol. The summed E-state index contributed by atoms with van der Waals surface area (Å²) in [5, 5.41) is 4.93. The second-order valence-electron chi connectivity index (χ2n) is 11.5. The molecule has 1 atom stereocenters. The fourth-order valence-corrected chi connectivity index (χ4v) is 6.68.